The SMILES string of the molecule is CCCNCc1cnn(CC2CCC(C)(C)O2)c1. The van der Waals surface area contributed by atoms with Crippen molar-refractivity contribution in [2.75, 3.05) is 6.54 Å². The molecule has 1 atom stereocenters. The molecule has 2 rings (SSSR count). The number of nitrogens with one attached hydrogen (secondary N) is 1. The van der Waals surface area contributed by atoms with Crippen molar-refractivity contribution in [2.24, 2.45) is 0 Å². The molecule has 18 heavy (non-hydrogen) atoms. The van der Waals surface area contributed by atoms with Crippen LogP contribution in [0.4, 0.5) is 0 Å². The zero-order valence-electron chi connectivity index (χ0n) is 11.8. The Morgan fingerprint density at radius 1 is 1.56 bits per heavy atom. The molecular formula is C14H25N3O. The molecule has 0 aliphatic carbocycles. The summed E-state index contributed by atoms with van der Waals surface area (Å²) < 4.78 is 7.99. The molecule has 4 nitrogen and oxygen atoms in total. The van der Waals surface area contributed by atoms with E-state index in [2.05, 4.69) is 37.4 Å². The lowest BCUT2D eigenvalue weighted by atomic mass is 10.1. The van der Waals surface area contributed by atoms with Gasteiger partial charge in [-0.3, -0.25) is 4.68 Å². The molecule has 1 fully saturated rings. The fraction of sp³-hybridized carbons (Fsp3) is 0.786. The minimum Gasteiger partial charge on any atom is -0.370 e. The summed E-state index contributed by atoms with van der Waals surface area (Å²) in [7, 11) is 0. The van der Waals surface area contributed by atoms with Gasteiger partial charge in [-0.05, 0) is 39.7 Å². The average Bonchev–Trinajstić information content (AvgIpc) is 2.87. The summed E-state index contributed by atoms with van der Waals surface area (Å²) in [5, 5.41) is 7.79. The minimum absolute atomic E-state index is 0.0450. The minimum atomic E-state index is 0.0450. The molecule has 0 spiro atoms. The first kappa shape index (κ1) is 13.6. The highest BCUT2D eigenvalue weighted by molar-refractivity contribution is 5.03. The van der Waals surface area contributed by atoms with E-state index in [9.17, 15) is 0 Å². The maximum Gasteiger partial charge on any atom is 0.0779 e. The summed E-state index contributed by atoms with van der Waals surface area (Å²) in [6.45, 7) is 9.34. The Morgan fingerprint density at radius 3 is 3.06 bits per heavy atom. The highest BCUT2D eigenvalue weighted by atomic mass is 16.5. The fourth-order valence-electron chi connectivity index (χ4n) is 2.42. The molecular weight excluding hydrogens is 226 g/mol. The number of hydrogen-bond donors (Lipinski definition) is 1. The zero-order valence-corrected chi connectivity index (χ0v) is 11.8. The maximum atomic E-state index is 5.98. The first-order valence-electron chi connectivity index (χ1n) is 6.99. The van der Waals surface area contributed by atoms with Crippen molar-refractivity contribution >= 4 is 0 Å². The lowest BCUT2D eigenvalue weighted by Gasteiger charge is -2.19. The van der Waals surface area contributed by atoms with Gasteiger partial charge < -0.3 is 10.1 Å². The smallest absolute Gasteiger partial charge is 0.0779 e. The van der Waals surface area contributed by atoms with Crippen molar-refractivity contribution in [1.82, 2.24) is 15.1 Å². The highest BCUT2D eigenvalue weighted by Crippen LogP contribution is 2.29. The average molecular weight is 251 g/mol. The summed E-state index contributed by atoms with van der Waals surface area (Å²) in [6.07, 6.45) is 7.83. The van der Waals surface area contributed by atoms with Crippen LogP contribution in [0.5, 0.6) is 0 Å². The molecule has 1 aromatic heterocycles. The molecule has 1 aromatic rings. The third-order valence-electron chi connectivity index (χ3n) is 3.39. The maximum absolute atomic E-state index is 5.98. The van der Waals surface area contributed by atoms with Gasteiger partial charge in [0.1, 0.15) is 0 Å². The summed E-state index contributed by atoms with van der Waals surface area (Å²) in [4.78, 5) is 0. The Hall–Kier alpha value is -0.870. The number of hydrogen-bond acceptors (Lipinski definition) is 3. The van der Waals surface area contributed by atoms with Gasteiger partial charge in [0.15, 0.2) is 0 Å². The Morgan fingerprint density at radius 2 is 2.39 bits per heavy atom. The van der Waals surface area contributed by atoms with Gasteiger partial charge in [-0.2, -0.15) is 5.10 Å². The summed E-state index contributed by atoms with van der Waals surface area (Å²) in [6, 6.07) is 0. The zero-order chi connectivity index (χ0) is 13.0. The molecule has 0 amide bonds. The summed E-state index contributed by atoms with van der Waals surface area (Å²) in [5.74, 6) is 0. The molecule has 4 heteroatoms. The van der Waals surface area contributed by atoms with E-state index in [1.807, 2.05) is 10.9 Å². The van der Waals surface area contributed by atoms with E-state index in [-0.39, 0.29) is 5.60 Å². The lowest BCUT2D eigenvalue weighted by molar-refractivity contribution is -0.0229. The van der Waals surface area contributed by atoms with E-state index in [1.54, 1.807) is 0 Å². The first-order valence-corrected chi connectivity index (χ1v) is 6.99. The second-order valence-electron chi connectivity index (χ2n) is 5.79. The van der Waals surface area contributed by atoms with Crippen molar-refractivity contribution in [3.8, 4) is 0 Å². The molecule has 2 heterocycles. The molecule has 1 unspecified atom stereocenters. The van der Waals surface area contributed by atoms with Crippen LogP contribution in [0.3, 0.4) is 0 Å². The number of rotatable bonds is 6. The van der Waals surface area contributed by atoms with Crippen molar-refractivity contribution in [3.63, 3.8) is 0 Å². The predicted octanol–water partition coefficient (Wildman–Crippen LogP) is 2.34. The van der Waals surface area contributed by atoms with E-state index in [0.717, 1.165) is 32.5 Å². The largest absolute Gasteiger partial charge is 0.370 e. The van der Waals surface area contributed by atoms with Gasteiger partial charge >= 0.3 is 0 Å². The summed E-state index contributed by atoms with van der Waals surface area (Å²) in [5.41, 5.74) is 1.30. The molecule has 1 aliphatic heterocycles. The molecule has 1 aliphatic rings. The van der Waals surface area contributed by atoms with Crippen LogP contribution >= 0.6 is 0 Å². The third kappa shape index (κ3) is 3.82. The number of aromatic nitrogens is 2. The van der Waals surface area contributed by atoms with Crippen molar-refractivity contribution in [1.29, 1.82) is 0 Å². The van der Waals surface area contributed by atoms with Crippen molar-refractivity contribution in [2.45, 2.75) is 64.8 Å². The molecule has 1 N–H and O–H groups in total. The standard InChI is InChI=1S/C14H25N3O/c1-4-7-15-8-12-9-16-17(10-12)11-13-5-6-14(2,3)18-13/h9-10,13,15H,4-8,11H2,1-3H3. The van der Waals surface area contributed by atoms with Gasteiger partial charge in [-0.15, -0.1) is 0 Å². The lowest BCUT2D eigenvalue weighted by Crippen LogP contribution is -2.23. The van der Waals surface area contributed by atoms with E-state index in [4.69, 9.17) is 4.74 Å². The van der Waals surface area contributed by atoms with Crippen LogP contribution < -0.4 is 5.32 Å². The van der Waals surface area contributed by atoms with Crippen molar-refractivity contribution in [3.05, 3.63) is 18.0 Å². The normalized spacial score (nSPS) is 22.5. The van der Waals surface area contributed by atoms with Crippen LogP contribution in [0.25, 0.3) is 0 Å². The van der Waals surface area contributed by atoms with Gasteiger partial charge in [0.05, 0.1) is 24.4 Å². The first-order chi connectivity index (χ1) is 8.59. The monoisotopic (exact) mass is 251 g/mol. The Kier molecular flexibility index (Phi) is 4.40. The molecule has 0 aromatic carbocycles. The van der Waals surface area contributed by atoms with Gasteiger partial charge in [0.2, 0.25) is 0 Å². The Labute approximate surface area is 110 Å². The van der Waals surface area contributed by atoms with Gasteiger partial charge in [0.25, 0.3) is 0 Å². The van der Waals surface area contributed by atoms with E-state index in [1.165, 1.54) is 12.0 Å². The predicted molar refractivity (Wildman–Crippen MR) is 72.4 cm³/mol. The highest BCUT2D eigenvalue weighted by Gasteiger charge is 2.31. The summed E-state index contributed by atoms with van der Waals surface area (Å²) >= 11 is 0. The topological polar surface area (TPSA) is 39.1 Å². The molecule has 0 saturated carbocycles. The molecule has 102 valence electrons. The second-order valence-corrected chi connectivity index (χ2v) is 5.79. The van der Waals surface area contributed by atoms with E-state index < -0.39 is 0 Å². The Bertz CT molecular complexity index is 373. The van der Waals surface area contributed by atoms with Crippen molar-refractivity contribution < 1.29 is 4.74 Å². The molecule has 0 bridgehead atoms. The van der Waals surface area contributed by atoms with Crippen LogP contribution in [0.15, 0.2) is 12.4 Å². The van der Waals surface area contributed by atoms with Gasteiger partial charge in [-0.1, -0.05) is 6.92 Å². The van der Waals surface area contributed by atoms with Gasteiger partial charge in [-0.25, -0.2) is 0 Å². The molecule has 1 saturated heterocycles. The fourth-order valence-corrected chi connectivity index (χ4v) is 2.42. The van der Waals surface area contributed by atoms with Gasteiger partial charge in [0, 0.05) is 18.3 Å². The third-order valence-corrected chi connectivity index (χ3v) is 3.39. The second kappa shape index (κ2) is 5.85. The number of nitrogens with zero attached hydrogens (tertiary/aromatic N) is 2. The van der Waals surface area contributed by atoms with Crippen LogP contribution in [0, 0.1) is 0 Å². The van der Waals surface area contributed by atoms with Crippen LogP contribution in [-0.2, 0) is 17.8 Å². The Balaban J connectivity index is 1.80. The molecule has 0 radical (unpaired) electrons. The van der Waals surface area contributed by atoms with Crippen LogP contribution in [0.2, 0.25) is 0 Å². The number of ether oxygens (including phenoxy) is 1. The van der Waals surface area contributed by atoms with E-state index in [0.29, 0.717) is 6.10 Å². The van der Waals surface area contributed by atoms with Crippen LogP contribution in [-0.4, -0.2) is 28.0 Å². The van der Waals surface area contributed by atoms with Crippen LogP contribution in [0.1, 0.15) is 45.6 Å². The van der Waals surface area contributed by atoms with E-state index >= 15 is 0 Å². The quantitative estimate of drug-likeness (QED) is 0.789.